The SMILES string of the molecule is Cc1cc(NC(=O)N2CCN(C(=O)OC(C)(C)C)CC2)ccc1F. The lowest BCUT2D eigenvalue weighted by molar-refractivity contribution is 0.0174. The van der Waals surface area contributed by atoms with Crippen LogP contribution < -0.4 is 5.32 Å². The van der Waals surface area contributed by atoms with Gasteiger partial charge in [0.25, 0.3) is 0 Å². The lowest BCUT2D eigenvalue weighted by atomic mass is 10.2. The summed E-state index contributed by atoms with van der Waals surface area (Å²) in [6, 6.07) is 4.18. The van der Waals surface area contributed by atoms with Gasteiger partial charge >= 0.3 is 12.1 Å². The molecule has 0 atom stereocenters. The lowest BCUT2D eigenvalue weighted by Gasteiger charge is -2.35. The van der Waals surface area contributed by atoms with Gasteiger partial charge in [-0.25, -0.2) is 14.0 Å². The third-order valence-corrected chi connectivity index (χ3v) is 3.63. The minimum Gasteiger partial charge on any atom is -0.444 e. The van der Waals surface area contributed by atoms with Gasteiger partial charge in [0.15, 0.2) is 0 Å². The maximum absolute atomic E-state index is 13.3. The number of anilines is 1. The van der Waals surface area contributed by atoms with E-state index in [4.69, 9.17) is 4.74 Å². The van der Waals surface area contributed by atoms with Crippen molar-refractivity contribution in [2.24, 2.45) is 0 Å². The summed E-state index contributed by atoms with van der Waals surface area (Å²) < 4.78 is 18.6. The number of aryl methyl sites for hydroxylation is 1. The van der Waals surface area contributed by atoms with Crippen LogP contribution in [0.25, 0.3) is 0 Å². The molecule has 0 saturated carbocycles. The summed E-state index contributed by atoms with van der Waals surface area (Å²) in [7, 11) is 0. The van der Waals surface area contributed by atoms with Gasteiger partial charge < -0.3 is 19.9 Å². The lowest BCUT2D eigenvalue weighted by Crippen LogP contribution is -2.52. The quantitative estimate of drug-likeness (QED) is 0.856. The summed E-state index contributed by atoms with van der Waals surface area (Å²) in [6.07, 6.45) is -0.364. The van der Waals surface area contributed by atoms with E-state index in [0.29, 0.717) is 37.4 Å². The molecule has 1 aliphatic rings. The van der Waals surface area contributed by atoms with Crippen molar-refractivity contribution in [3.8, 4) is 0 Å². The van der Waals surface area contributed by atoms with Gasteiger partial charge in [0.1, 0.15) is 11.4 Å². The number of benzene rings is 1. The second-order valence-electron chi connectivity index (χ2n) is 6.85. The molecular formula is C17H24FN3O3. The van der Waals surface area contributed by atoms with Crippen LogP contribution in [-0.2, 0) is 4.74 Å². The molecule has 24 heavy (non-hydrogen) atoms. The first-order chi connectivity index (χ1) is 11.2. The highest BCUT2D eigenvalue weighted by Gasteiger charge is 2.27. The van der Waals surface area contributed by atoms with Gasteiger partial charge in [-0.3, -0.25) is 0 Å². The van der Waals surface area contributed by atoms with E-state index in [1.165, 1.54) is 12.1 Å². The maximum atomic E-state index is 13.3. The van der Waals surface area contributed by atoms with Gasteiger partial charge in [0.2, 0.25) is 0 Å². The number of amides is 3. The molecule has 0 spiro atoms. The number of hydrogen-bond acceptors (Lipinski definition) is 3. The van der Waals surface area contributed by atoms with E-state index in [1.54, 1.807) is 22.8 Å². The summed E-state index contributed by atoms with van der Waals surface area (Å²) in [5.74, 6) is -0.307. The molecule has 3 amide bonds. The van der Waals surface area contributed by atoms with Crippen LogP contribution in [0.15, 0.2) is 18.2 Å². The van der Waals surface area contributed by atoms with Crippen molar-refractivity contribution in [3.63, 3.8) is 0 Å². The number of urea groups is 1. The van der Waals surface area contributed by atoms with Crippen molar-refractivity contribution < 1.29 is 18.7 Å². The number of piperazine rings is 1. The van der Waals surface area contributed by atoms with Gasteiger partial charge in [-0.05, 0) is 51.5 Å². The van der Waals surface area contributed by atoms with Crippen LogP contribution >= 0.6 is 0 Å². The number of nitrogens with zero attached hydrogens (tertiary/aromatic N) is 2. The Morgan fingerprint density at radius 3 is 2.25 bits per heavy atom. The molecule has 2 rings (SSSR count). The Kier molecular flexibility index (Phi) is 5.31. The van der Waals surface area contributed by atoms with E-state index in [-0.39, 0.29) is 17.9 Å². The standard InChI is InChI=1S/C17H24FN3O3/c1-12-11-13(5-6-14(12)18)19-15(22)20-7-9-21(10-8-20)16(23)24-17(2,3)4/h5-6,11H,7-10H2,1-4H3,(H,19,22). The van der Waals surface area contributed by atoms with E-state index in [9.17, 15) is 14.0 Å². The summed E-state index contributed by atoms with van der Waals surface area (Å²) in [5, 5.41) is 2.75. The number of rotatable bonds is 1. The Morgan fingerprint density at radius 1 is 1.12 bits per heavy atom. The minimum absolute atomic E-state index is 0.259. The summed E-state index contributed by atoms with van der Waals surface area (Å²) >= 11 is 0. The van der Waals surface area contributed by atoms with Crippen molar-refractivity contribution in [1.82, 2.24) is 9.80 Å². The minimum atomic E-state index is -0.536. The first-order valence-corrected chi connectivity index (χ1v) is 7.96. The zero-order chi connectivity index (χ0) is 17.9. The summed E-state index contributed by atoms with van der Waals surface area (Å²) in [4.78, 5) is 27.5. The highest BCUT2D eigenvalue weighted by atomic mass is 19.1. The van der Waals surface area contributed by atoms with Crippen molar-refractivity contribution in [1.29, 1.82) is 0 Å². The summed E-state index contributed by atoms with van der Waals surface area (Å²) in [5.41, 5.74) is 0.488. The molecular weight excluding hydrogens is 313 g/mol. The third kappa shape index (κ3) is 4.84. The molecule has 0 unspecified atom stereocenters. The topological polar surface area (TPSA) is 61.9 Å². The van der Waals surface area contributed by atoms with Crippen LogP contribution in [0.1, 0.15) is 26.3 Å². The number of halogens is 1. The highest BCUT2D eigenvalue weighted by Crippen LogP contribution is 2.15. The van der Waals surface area contributed by atoms with Crippen molar-refractivity contribution in [3.05, 3.63) is 29.6 Å². The number of nitrogens with one attached hydrogen (secondary N) is 1. The molecule has 0 aliphatic carbocycles. The normalized spacial score (nSPS) is 15.2. The van der Waals surface area contributed by atoms with Gasteiger partial charge in [0.05, 0.1) is 0 Å². The second kappa shape index (κ2) is 7.07. The Morgan fingerprint density at radius 2 is 1.71 bits per heavy atom. The van der Waals surface area contributed by atoms with Crippen LogP contribution in [-0.4, -0.2) is 53.7 Å². The number of carbonyl (C=O) groups is 2. The molecule has 1 fully saturated rings. The fourth-order valence-electron chi connectivity index (χ4n) is 2.34. The van der Waals surface area contributed by atoms with Crippen LogP contribution in [0.5, 0.6) is 0 Å². The Hall–Kier alpha value is -2.31. The van der Waals surface area contributed by atoms with Gasteiger partial charge in [-0.2, -0.15) is 0 Å². The first kappa shape index (κ1) is 18.0. The predicted octanol–water partition coefficient (Wildman–Crippen LogP) is 3.22. The van der Waals surface area contributed by atoms with Gasteiger partial charge in [-0.1, -0.05) is 0 Å². The van der Waals surface area contributed by atoms with Gasteiger partial charge in [0, 0.05) is 31.9 Å². The number of ether oxygens (including phenoxy) is 1. The highest BCUT2D eigenvalue weighted by molar-refractivity contribution is 5.89. The molecule has 1 aromatic carbocycles. The van der Waals surface area contributed by atoms with Crippen molar-refractivity contribution in [2.75, 3.05) is 31.5 Å². The van der Waals surface area contributed by atoms with Crippen LogP contribution in [0.2, 0.25) is 0 Å². The molecule has 1 aromatic rings. The van der Waals surface area contributed by atoms with Crippen molar-refractivity contribution >= 4 is 17.8 Å². The van der Waals surface area contributed by atoms with E-state index in [1.807, 2.05) is 20.8 Å². The smallest absolute Gasteiger partial charge is 0.410 e. The molecule has 6 nitrogen and oxygen atoms in total. The second-order valence-corrected chi connectivity index (χ2v) is 6.85. The van der Waals surface area contributed by atoms with E-state index >= 15 is 0 Å². The average Bonchev–Trinajstić information content (AvgIpc) is 2.49. The molecule has 0 bridgehead atoms. The molecule has 1 aliphatic heterocycles. The van der Waals surface area contributed by atoms with Crippen molar-refractivity contribution in [2.45, 2.75) is 33.3 Å². The molecule has 1 heterocycles. The predicted molar refractivity (Wildman–Crippen MR) is 89.5 cm³/mol. The molecule has 7 heteroatoms. The van der Waals surface area contributed by atoms with Crippen LogP contribution in [0.3, 0.4) is 0 Å². The monoisotopic (exact) mass is 337 g/mol. The van der Waals surface area contributed by atoms with Gasteiger partial charge in [-0.15, -0.1) is 0 Å². The summed E-state index contributed by atoms with van der Waals surface area (Å²) in [6.45, 7) is 8.79. The third-order valence-electron chi connectivity index (χ3n) is 3.63. The zero-order valence-electron chi connectivity index (χ0n) is 14.6. The van der Waals surface area contributed by atoms with Crippen LogP contribution in [0, 0.1) is 12.7 Å². The molecule has 1 saturated heterocycles. The first-order valence-electron chi connectivity index (χ1n) is 7.96. The fraction of sp³-hybridized carbons (Fsp3) is 0.529. The molecule has 0 radical (unpaired) electrons. The number of hydrogen-bond donors (Lipinski definition) is 1. The fourth-order valence-corrected chi connectivity index (χ4v) is 2.34. The Bertz CT molecular complexity index is 620. The van der Waals surface area contributed by atoms with Crippen LogP contribution in [0.4, 0.5) is 19.7 Å². The maximum Gasteiger partial charge on any atom is 0.410 e. The average molecular weight is 337 g/mol. The Labute approximate surface area is 141 Å². The van der Waals surface area contributed by atoms with E-state index in [2.05, 4.69) is 5.32 Å². The Balaban J connectivity index is 1.86. The molecule has 132 valence electrons. The largest absolute Gasteiger partial charge is 0.444 e. The number of carbonyl (C=O) groups excluding carboxylic acids is 2. The zero-order valence-corrected chi connectivity index (χ0v) is 14.6. The molecule has 0 aromatic heterocycles. The van der Waals surface area contributed by atoms with E-state index in [0.717, 1.165) is 0 Å². The molecule has 1 N–H and O–H groups in total. The van der Waals surface area contributed by atoms with E-state index < -0.39 is 5.60 Å².